The van der Waals surface area contributed by atoms with Gasteiger partial charge < -0.3 is 5.11 Å². The minimum Gasteiger partial charge on any atom is -0.480 e. The monoisotopic (exact) mass is 237 g/mol. The lowest BCUT2D eigenvalue weighted by atomic mass is 10.2. The first-order valence-electron chi connectivity index (χ1n) is 4.99. The molecule has 0 saturated carbocycles. The second-order valence-electron chi connectivity index (χ2n) is 3.90. The predicted octanol–water partition coefficient (Wildman–Crippen LogP) is 0.769. The van der Waals surface area contributed by atoms with Crippen LogP contribution in [0.3, 0.4) is 0 Å². The summed E-state index contributed by atoms with van der Waals surface area (Å²) in [7, 11) is -3.41. The Labute approximate surface area is 91.1 Å². The van der Waals surface area contributed by atoms with Crippen molar-refractivity contribution >= 4 is 16.0 Å². The van der Waals surface area contributed by atoms with Crippen molar-refractivity contribution < 1.29 is 18.3 Å². The van der Waals surface area contributed by atoms with Crippen LogP contribution < -0.4 is 0 Å². The highest BCUT2D eigenvalue weighted by Crippen LogP contribution is 2.07. The minimum atomic E-state index is -3.41. The molecule has 15 heavy (non-hydrogen) atoms. The highest BCUT2D eigenvalue weighted by Gasteiger charge is 2.23. The SMILES string of the molecule is CCCS(=O)(=O)N(CC(=O)O)CC(C)C. The molecular formula is C9H19NO4S. The molecule has 0 aliphatic carbocycles. The van der Waals surface area contributed by atoms with Crippen LogP contribution in [-0.4, -0.2) is 42.6 Å². The third-order valence-corrected chi connectivity index (χ3v) is 3.72. The van der Waals surface area contributed by atoms with Crippen LogP contribution >= 0.6 is 0 Å². The average Bonchev–Trinajstić information content (AvgIpc) is 2.00. The molecule has 0 aliphatic rings. The van der Waals surface area contributed by atoms with Crippen molar-refractivity contribution in [2.45, 2.75) is 27.2 Å². The van der Waals surface area contributed by atoms with Crippen LogP contribution in [-0.2, 0) is 14.8 Å². The second kappa shape index (κ2) is 6.07. The van der Waals surface area contributed by atoms with Crippen LogP contribution in [0.1, 0.15) is 27.2 Å². The fourth-order valence-electron chi connectivity index (χ4n) is 1.22. The highest BCUT2D eigenvalue weighted by molar-refractivity contribution is 7.89. The van der Waals surface area contributed by atoms with Gasteiger partial charge in [-0.2, -0.15) is 4.31 Å². The van der Waals surface area contributed by atoms with Gasteiger partial charge in [0.1, 0.15) is 6.54 Å². The van der Waals surface area contributed by atoms with E-state index in [1.54, 1.807) is 6.92 Å². The van der Waals surface area contributed by atoms with Crippen LogP contribution in [0.2, 0.25) is 0 Å². The van der Waals surface area contributed by atoms with Crippen molar-refractivity contribution in [3.8, 4) is 0 Å². The summed E-state index contributed by atoms with van der Waals surface area (Å²) in [6, 6.07) is 0. The van der Waals surface area contributed by atoms with Gasteiger partial charge in [-0.3, -0.25) is 4.79 Å². The largest absolute Gasteiger partial charge is 0.480 e. The van der Waals surface area contributed by atoms with E-state index in [-0.39, 0.29) is 18.2 Å². The van der Waals surface area contributed by atoms with Crippen molar-refractivity contribution in [2.75, 3.05) is 18.8 Å². The predicted molar refractivity (Wildman–Crippen MR) is 58.1 cm³/mol. The molecular weight excluding hydrogens is 218 g/mol. The van der Waals surface area contributed by atoms with E-state index < -0.39 is 22.5 Å². The van der Waals surface area contributed by atoms with Gasteiger partial charge in [-0.1, -0.05) is 20.8 Å². The average molecular weight is 237 g/mol. The molecule has 0 aromatic heterocycles. The number of carbonyl (C=O) groups is 1. The zero-order valence-electron chi connectivity index (χ0n) is 9.43. The first-order valence-corrected chi connectivity index (χ1v) is 6.60. The molecule has 0 bridgehead atoms. The lowest BCUT2D eigenvalue weighted by Crippen LogP contribution is -2.39. The quantitative estimate of drug-likeness (QED) is 0.709. The van der Waals surface area contributed by atoms with Gasteiger partial charge in [-0.25, -0.2) is 8.42 Å². The van der Waals surface area contributed by atoms with Gasteiger partial charge in [-0.05, 0) is 12.3 Å². The first kappa shape index (κ1) is 14.4. The number of aliphatic carboxylic acids is 1. The van der Waals surface area contributed by atoms with Crippen molar-refractivity contribution in [2.24, 2.45) is 5.92 Å². The molecule has 0 heterocycles. The molecule has 6 heteroatoms. The Morgan fingerprint density at radius 1 is 1.40 bits per heavy atom. The molecule has 5 nitrogen and oxygen atoms in total. The van der Waals surface area contributed by atoms with Gasteiger partial charge >= 0.3 is 5.97 Å². The van der Waals surface area contributed by atoms with Crippen LogP contribution in [0.5, 0.6) is 0 Å². The Morgan fingerprint density at radius 2 is 1.93 bits per heavy atom. The molecule has 0 unspecified atom stereocenters. The molecule has 1 N–H and O–H groups in total. The Bertz CT molecular complexity index is 297. The lowest BCUT2D eigenvalue weighted by Gasteiger charge is -2.21. The second-order valence-corrected chi connectivity index (χ2v) is 5.98. The maximum Gasteiger partial charge on any atom is 0.318 e. The normalized spacial score (nSPS) is 12.3. The van der Waals surface area contributed by atoms with E-state index in [0.717, 1.165) is 4.31 Å². The number of nitrogens with zero attached hydrogens (tertiary/aromatic N) is 1. The molecule has 0 aromatic carbocycles. The third kappa shape index (κ3) is 5.74. The topological polar surface area (TPSA) is 74.7 Å². The number of sulfonamides is 1. The summed E-state index contributed by atoms with van der Waals surface area (Å²) < 4.78 is 24.4. The molecule has 0 aromatic rings. The van der Waals surface area contributed by atoms with Crippen molar-refractivity contribution in [3.05, 3.63) is 0 Å². The Morgan fingerprint density at radius 3 is 2.27 bits per heavy atom. The molecule has 0 atom stereocenters. The summed E-state index contributed by atoms with van der Waals surface area (Å²) in [5.74, 6) is -0.987. The summed E-state index contributed by atoms with van der Waals surface area (Å²) in [6.07, 6.45) is 0.497. The van der Waals surface area contributed by atoms with E-state index in [1.807, 2.05) is 13.8 Å². The molecule has 0 amide bonds. The van der Waals surface area contributed by atoms with E-state index in [2.05, 4.69) is 0 Å². The molecule has 0 aliphatic heterocycles. The Hall–Kier alpha value is -0.620. The van der Waals surface area contributed by atoms with Gasteiger partial charge in [0.05, 0.1) is 5.75 Å². The number of hydrogen-bond acceptors (Lipinski definition) is 3. The van der Waals surface area contributed by atoms with Crippen molar-refractivity contribution in [1.82, 2.24) is 4.31 Å². The summed E-state index contributed by atoms with van der Waals surface area (Å²) in [4.78, 5) is 10.5. The zero-order chi connectivity index (χ0) is 12.1. The lowest BCUT2D eigenvalue weighted by molar-refractivity contribution is -0.137. The fraction of sp³-hybridized carbons (Fsp3) is 0.889. The summed E-state index contributed by atoms with van der Waals surface area (Å²) >= 11 is 0. The van der Waals surface area contributed by atoms with E-state index in [4.69, 9.17) is 5.11 Å². The van der Waals surface area contributed by atoms with Crippen molar-refractivity contribution in [1.29, 1.82) is 0 Å². The summed E-state index contributed by atoms with van der Waals surface area (Å²) in [5.41, 5.74) is 0. The van der Waals surface area contributed by atoms with Gasteiger partial charge in [-0.15, -0.1) is 0 Å². The van der Waals surface area contributed by atoms with Gasteiger partial charge in [0.2, 0.25) is 10.0 Å². The number of carboxylic acid groups (broad SMARTS) is 1. The number of carboxylic acids is 1. The highest BCUT2D eigenvalue weighted by atomic mass is 32.2. The van der Waals surface area contributed by atoms with Crippen molar-refractivity contribution in [3.63, 3.8) is 0 Å². The fourth-order valence-corrected chi connectivity index (χ4v) is 2.83. The number of hydrogen-bond donors (Lipinski definition) is 1. The molecule has 90 valence electrons. The molecule has 0 spiro atoms. The molecule has 0 radical (unpaired) electrons. The maximum absolute atomic E-state index is 11.7. The molecule has 0 rings (SSSR count). The van der Waals surface area contributed by atoms with Gasteiger partial charge in [0.25, 0.3) is 0 Å². The van der Waals surface area contributed by atoms with Crippen LogP contribution in [0.15, 0.2) is 0 Å². The van der Waals surface area contributed by atoms with E-state index in [0.29, 0.717) is 6.42 Å². The Balaban J connectivity index is 4.68. The minimum absolute atomic E-state index is 0.00694. The molecule has 0 fully saturated rings. The van der Waals surface area contributed by atoms with Gasteiger partial charge in [0, 0.05) is 6.54 Å². The van der Waals surface area contributed by atoms with Crippen LogP contribution in [0.4, 0.5) is 0 Å². The standard InChI is InChI=1S/C9H19NO4S/c1-4-5-15(13,14)10(6-8(2)3)7-9(11)12/h8H,4-7H2,1-3H3,(H,11,12). The van der Waals surface area contributed by atoms with E-state index >= 15 is 0 Å². The zero-order valence-corrected chi connectivity index (χ0v) is 10.2. The van der Waals surface area contributed by atoms with E-state index in [9.17, 15) is 13.2 Å². The van der Waals surface area contributed by atoms with Gasteiger partial charge in [0.15, 0.2) is 0 Å². The van der Waals surface area contributed by atoms with Crippen LogP contribution in [0.25, 0.3) is 0 Å². The third-order valence-electron chi connectivity index (χ3n) is 1.74. The number of rotatable bonds is 7. The smallest absolute Gasteiger partial charge is 0.318 e. The maximum atomic E-state index is 11.7. The first-order chi connectivity index (χ1) is 6.79. The van der Waals surface area contributed by atoms with E-state index in [1.165, 1.54) is 0 Å². The summed E-state index contributed by atoms with van der Waals surface area (Å²) in [6.45, 7) is 5.29. The Kier molecular flexibility index (Phi) is 5.82. The van der Waals surface area contributed by atoms with Crippen LogP contribution in [0, 0.1) is 5.92 Å². The molecule has 0 saturated heterocycles. The summed E-state index contributed by atoms with van der Waals surface area (Å²) in [5, 5.41) is 8.62.